The van der Waals surface area contributed by atoms with Crippen molar-refractivity contribution in [3.05, 3.63) is 54.0 Å². The molecule has 24 heavy (non-hydrogen) atoms. The number of alkyl halides is 3. The van der Waals surface area contributed by atoms with Crippen molar-refractivity contribution in [3.8, 4) is 5.75 Å². The van der Waals surface area contributed by atoms with E-state index in [-0.39, 0.29) is 23.8 Å². The number of hydrogen-bond acceptors (Lipinski definition) is 4. The average Bonchev–Trinajstić information content (AvgIpc) is 3.03. The van der Waals surface area contributed by atoms with Crippen LogP contribution in [0.15, 0.2) is 47.1 Å². The zero-order valence-corrected chi connectivity index (χ0v) is 12.9. The van der Waals surface area contributed by atoms with Gasteiger partial charge in [-0.3, -0.25) is 4.79 Å². The second-order valence-corrected chi connectivity index (χ2v) is 4.87. The third-order valence-electron chi connectivity index (χ3n) is 3.11. The minimum Gasteiger partial charge on any atom is -0.467 e. The number of methoxy groups -OCH3 is 1. The van der Waals surface area contributed by atoms with E-state index in [1.165, 1.54) is 30.4 Å². The lowest BCUT2D eigenvalue weighted by atomic mass is 10.2. The number of ether oxygens (including phenoxy) is 2. The summed E-state index contributed by atoms with van der Waals surface area (Å²) in [7, 11) is 1.51. The first-order chi connectivity index (χ1) is 11.4. The molecule has 0 aliphatic heterocycles. The van der Waals surface area contributed by atoms with E-state index < -0.39 is 6.36 Å². The number of carbonyl (C=O) groups excluding carboxylic acids is 1. The summed E-state index contributed by atoms with van der Waals surface area (Å²) in [5, 5.41) is 0. The van der Waals surface area contributed by atoms with Crippen molar-refractivity contribution >= 4 is 5.91 Å². The third-order valence-corrected chi connectivity index (χ3v) is 3.11. The number of nitrogens with zero attached hydrogens (tertiary/aromatic N) is 1. The third kappa shape index (κ3) is 5.31. The quantitative estimate of drug-likeness (QED) is 0.772. The van der Waals surface area contributed by atoms with Crippen molar-refractivity contribution < 1.29 is 31.9 Å². The minimum absolute atomic E-state index is 0.232. The predicted molar refractivity (Wildman–Crippen MR) is 78.4 cm³/mol. The van der Waals surface area contributed by atoms with Crippen LogP contribution in [0.5, 0.6) is 5.75 Å². The molecule has 0 spiro atoms. The second kappa shape index (κ2) is 7.87. The summed E-state index contributed by atoms with van der Waals surface area (Å²) in [6, 6.07) is 8.20. The van der Waals surface area contributed by atoms with Crippen LogP contribution in [0.4, 0.5) is 13.2 Å². The lowest BCUT2D eigenvalue weighted by molar-refractivity contribution is -0.274. The molecule has 0 atom stereocenters. The molecule has 0 unspecified atom stereocenters. The molecule has 0 fully saturated rings. The van der Waals surface area contributed by atoms with Crippen molar-refractivity contribution in [1.82, 2.24) is 4.90 Å². The highest BCUT2D eigenvalue weighted by Crippen LogP contribution is 2.23. The molecule has 8 heteroatoms. The number of amides is 1. The molecule has 1 aromatic heterocycles. The first kappa shape index (κ1) is 17.9. The molecular weight excluding hydrogens is 327 g/mol. The topological polar surface area (TPSA) is 51.9 Å². The molecule has 2 aromatic rings. The SMILES string of the molecule is COCCN(Cc1ccco1)C(=O)c1ccc(OC(F)(F)F)cc1. The number of halogens is 3. The first-order valence-corrected chi connectivity index (χ1v) is 7.05. The molecule has 1 aromatic carbocycles. The molecule has 0 aliphatic rings. The molecule has 0 aliphatic carbocycles. The lowest BCUT2D eigenvalue weighted by Gasteiger charge is -2.21. The Morgan fingerprint density at radius 2 is 1.92 bits per heavy atom. The maximum atomic E-state index is 12.5. The molecule has 0 saturated carbocycles. The Bertz CT molecular complexity index is 638. The second-order valence-electron chi connectivity index (χ2n) is 4.87. The maximum absolute atomic E-state index is 12.5. The number of hydrogen-bond donors (Lipinski definition) is 0. The molecule has 0 N–H and O–H groups in total. The highest BCUT2D eigenvalue weighted by molar-refractivity contribution is 5.94. The lowest BCUT2D eigenvalue weighted by Crippen LogP contribution is -2.33. The van der Waals surface area contributed by atoms with Crippen LogP contribution >= 0.6 is 0 Å². The van der Waals surface area contributed by atoms with Crippen LogP contribution in [-0.2, 0) is 11.3 Å². The zero-order chi connectivity index (χ0) is 17.6. The van der Waals surface area contributed by atoms with E-state index >= 15 is 0 Å². The van der Waals surface area contributed by atoms with Crippen LogP contribution in [0, 0.1) is 0 Å². The fourth-order valence-corrected chi connectivity index (χ4v) is 2.03. The van der Waals surface area contributed by atoms with Gasteiger partial charge in [-0.25, -0.2) is 0 Å². The van der Waals surface area contributed by atoms with Gasteiger partial charge in [0.15, 0.2) is 0 Å². The number of carbonyl (C=O) groups is 1. The minimum atomic E-state index is -4.77. The van der Waals surface area contributed by atoms with Gasteiger partial charge in [0.2, 0.25) is 0 Å². The van der Waals surface area contributed by atoms with E-state index in [0.717, 1.165) is 12.1 Å². The number of furan rings is 1. The van der Waals surface area contributed by atoms with Gasteiger partial charge >= 0.3 is 6.36 Å². The Kier molecular flexibility index (Phi) is 5.86. The summed E-state index contributed by atoms with van der Waals surface area (Å²) in [5.74, 6) is -0.132. The van der Waals surface area contributed by atoms with E-state index in [4.69, 9.17) is 9.15 Å². The van der Waals surface area contributed by atoms with Crippen LogP contribution in [0.1, 0.15) is 16.1 Å². The number of benzene rings is 1. The summed E-state index contributed by atoms with van der Waals surface area (Å²) in [6.45, 7) is 0.870. The summed E-state index contributed by atoms with van der Waals surface area (Å²) in [5.41, 5.74) is 0.243. The maximum Gasteiger partial charge on any atom is 0.573 e. The van der Waals surface area contributed by atoms with Crippen molar-refractivity contribution in [2.75, 3.05) is 20.3 Å². The van der Waals surface area contributed by atoms with Gasteiger partial charge in [-0.05, 0) is 36.4 Å². The van der Waals surface area contributed by atoms with E-state index in [2.05, 4.69) is 4.74 Å². The zero-order valence-electron chi connectivity index (χ0n) is 12.9. The molecule has 1 heterocycles. The Balaban J connectivity index is 2.10. The molecule has 0 radical (unpaired) electrons. The molecule has 0 saturated heterocycles. The largest absolute Gasteiger partial charge is 0.573 e. The van der Waals surface area contributed by atoms with Crippen LogP contribution in [0.25, 0.3) is 0 Å². The van der Waals surface area contributed by atoms with Crippen molar-refractivity contribution in [2.45, 2.75) is 12.9 Å². The van der Waals surface area contributed by atoms with Gasteiger partial charge in [0.1, 0.15) is 11.5 Å². The first-order valence-electron chi connectivity index (χ1n) is 7.05. The Labute approximate surface area is 136 Å². The van der Waals surface area contributed by atoms with Crippen LogP contribution in [-0.4, -0.2) is 37.4 Å². The Morgan fingerprint density at radius 1 is 1.21 bits per heavy atom. The van der Waals surface area contributed by atoms with Gasteiger partial charge < -0.3 is 18.8 Å². The normalized spacial score (nSPS) is 11.3. The van der Waals surface area contributed by atoms with Gasteiger partial charge in [0.25, 0.3) is 5.91 Å². The summed E-state index contributed by atoms with van der Waals surface area (Å²) >= 11 is 0. The predicted octanol–water partition coefficient (Wildman–Crippen LogP) is 3.47. The van der Waals surface area contributed by atoms with Gasteiger partial charge in [-0.1, -0.05) is 0 Å². The van der Waals surface area contributed by atoms with Crippen molar-refractivity contribution in [3.63, 3.8) is 0 Å². The highest BCUT2D eigenvalue weighted by Gasteiger charge is 2.31. The molecule has 130 valence electrons. The van der Waals surface area contributed by atoms with Gasteiger partial charge in [0.05, 0.1) is 19.4 Å². The monoisotopic (exact) mass is 343 g/mol. The molecule has 0 bridgehead atoms. The smallest absolute Gasteiger partial charge is 0.467 e. The molecule has 2 rings (SSSR count). The van der Waals surface area contributed by atoms with E-state index in [1.807, 2.05) is 0 Å². The fourth-order valence-electron chi connectivity index (χ4n) is 2.03. The van der Waals surface area contributed by atoms with Crippen molar-refractivity contribution in [1.29, 1.82) is 0 Å². The van der Waals surface area contributed by atoms with Crippen LogP contribution < -0.4 is 4.74 Å². The highest BCUT2D eigenvalue weighted by atomic mass is 19.4. The van der Waals surface area contributed by atoms with Crippen LogP contribution in [0.3, 0.4) is 0 Å². The van der Waals surface area contributed by atoms with E-state index in [0.29, 0.717) is 18.9 Å². The Morgan fingerprint density at radius 3 is 2.46 bits per heavy atom. The molecule has 1 amide bonds. The summed E-state index contributed by atoms with van der Waals surface area (Å²) < 4.78 is 50.5. The standard InChI is InChI=1S/C16H16F3NO4/c1-22-10-8-20(11-14-3-2-9-23-14)15(21)12-4-6-13(7-5-12)24-16(17,18)19/h2-7,9H,8,10-11H2,1H3. The van der Waals surface area contributed by atoms with Gasteiger partial charge in [0, 0.05) is 19.2 Å². The van der Waals surface area contributed by atoms with Crippen LogP contribution in [0.2, 0.25) is 0 Å². The van der Waals surface area contributed by atoms with Crippen molar-refractivity contribution in [2.24, 2.45) is 0 Å². The molecule has 5 nitrogen and oxygen atoms in total. The molecular formula is C16H16F3NO4. The van der Waals surface area contributed by atoms with E-state index in [9.17, 15) is 18.0 Å². The fraction of sp³-hybridized carbons (Fsp3) is 0.312. The van der Waals surface area contributed by atoms with Gasteiger partial charge in [-0.2, -0.15) is 0 Å². The average molecular weight is 343 g/mol. The summed E-state index contributed by atoms with van der Waals surface area (Å²) in [6.07, 6.45) is -3.27. The van der Waals surface area contributed by atoms with Gasteiger partial charge in [-0.15, -0.1) is 13.2 Å². The van der Waals surface area contributed by atoms with E-state index in [1.54, 1.807) is 12.1 Å². The number of rotatable bonds is 7. The Hall–Kier alpha value is -2.48. The summed E-state index contributed by atoms with van der Waals surface area (Å²) in [4.78, 5) is 14.0.